The summed E-state index contributed by atoms with van der Waals surface area (Å²) in [6.45, 7) is 7.92. The van der Waals surface area contributed by atoms with Crippen LogP contribution in [0, 0.1) is 5.82 Å². The Bertz CT molecular complexity index is 489. The Labute approximate surface area is 125 Å². The topological polar surface area (TPSA) is 64.3 Å². The molecule has 3 N–H and O–H groups in total. The van der Waals surface area contributed by atoms with Crippen molar-refractivity contribution in [1.29, 1.82) is 0 Å². The van der Waals surface area contributed by atoms with Crippen molar-refractivity contribution in [3.63, 3.8) is 0 Å². The van der Waals surface area contributed by atoms with Gasteiger partial charge in [-0.25, -0.2) is 4.39 Å². The quantitative estimate of drug-likeness (QED) is 0.812. The van der Waals surface area contributed by atoms with E-state index in [1.165, 1.54) is 12.1 Å². The lowest BCUT2D eigenvalue weighted by molar-refractivity contribution is -0.129. The van der Waals surface area contributed by atoms with E-state index in [4.69, 9.17) is 10.5 Å². The van der Waals surface area contributed by atoms with Gasteiger partial charge >= 0.3 is 0 Å². The van der Waals surface area contributed by atoms with Gasteiger partial charge < -0.3 is 15.8 Å². The van der Waals surface area contributed by atoms with Crippen LogP contribution >= 0.6 is 0 Å². The third-order valence-corrected chi connectivity index (χ3v) is 3.45. The van der Waals surface area contributed by atoms with E-state index in [9.17, 15) is 9.18 Å². The third kappa shape index (κ3) is 5.34. The molecule has 1 atom stereocenters. The summed E-state index contributed by atoms with van der Waals surface area (Å²) in [5, 5.41) is 2.87. The first kappa shape index (κ1) is 17.4. The standard InChI is InChI=1S/C16H25FN2O2/c1-5-16(3,4)19-15(20)11(2)21-14-7-6-12(8-9-18)10-13(14)17/h6-7,10-11H,5,8-9,18H2,1-4H3,(H,19,20). The van der Waals surface area contributed by atoms with Gasteiger partial charge in [-0.2, -0.15) is 0 Å². The van der Waals surface area contributed by atoms with Crippen LogP contribution in [-0.2, 0) is 11.2 Å². The molecular formula is C16H25FN2O2. The van der Waals surface area contributed by atoms with Crippen molar-refractivity contribution in [3.8, 4) is 5.75 Å². The highest BCUT2D eigenvalue weighted by Gasteiger charge is 2.23. The molecule has 0 saturated heterocycles. The normalized spacial score (nSPS) is 12.9. The maximum atomic E-state index is 13.9. The molecule has 4 nitrogen and oxygen atoms in total. The average Bonchev–Trinajstić information content (AvgIpc) is 2.41. The van der Waals surface area contributed by atoms with Crippen LogP contribution in [0.15, 0.2) is 18.2 Å². The van der Waals surface area contributed by atoms with Crippen LogP contribution in [0.2, 0.25) is 0 Å². The number of benzene rings is 1. The molecule has 0 aliphatic rings. The van der Waals surface area contributed by atoms with Crippen LogP contribution in [0.5, 0.6) is 5.75 Å². The zero-order valence-corrected chi connectivity index (χ0v) is 13.2. The van der Waals surface area contributed by atoms with Gasteiger partial charge in [-0.05, 0) is 57.9 Å². The molecule has 0 aromatic heterocycles. The number of nitrogens with two attached hydrogens (primary N) is 1. The second-order valence-electron chi connectivity index (χ2n) is 5.79. The van der Waals surface area contributed by atoms with Crippen LogP contribution < -0.4 is 15.8 Å². The largest absolute Gasteiger partial charge is 0.478 e. The summed E-state index contributed by atoms with van der Waals surface area (Å²) in [6.07, 6.45) is 0.650. The maximum Gasteiger partial charge on any atom is 0.261 e. The van der Waals surface area contributed by atoms with Crippen LogP contribution in [0.25, 0.3) is 0 Å². The number of hydrogen-bond acceptors (Lipinski definition) is 3. The number of rotatable bonds is 7. The number of nitrogens with one attached hydrogen (secondary N) is 1. The lowest BCUT2D eigenvalue weighted by Crippen LogP contribution is -2.48. The molecule has 21 heavy (non-hydrogen) atoms. The molecule has 0 fully saturated rings. The molecule has 0 saturated carbocycles. The first-order valence-electron chi connectivity index (χ1n) is 7.26. The highest BCUT2D eigenvalue weighted by molar-refractivity contribution is 5.81. The Hall–Kier alpha value is -1.62. The van der Waals surface area contributed by atoms with Crippen molar-refractivity contribution in [1.82, 2.24) is 5.32 Å². The number of hydrogen-bond donors (Lipinski definition) is 2. The SMILES string of the molecule is CCC(C)(C)NC(=O)C(C)Oc1ccc(CCN)cc1F. The molecule has 1 amide bonds. The number of carbonyl (C=O) groups excluding carboxylic acids is 1. The summed E-state index contributed by atoms with van der Waals surface area (Å²) in [4.78, 5) is 12.0. The fraction of sp³-hybridized carbons (Fsp3) is 0.562. The molecule has 5 heteroatoms. The van der Waals surface area contributed by atoms with Gasteiger partial charge in [0.2, 0.25) is 0 Å². The van der Waals surface area contributed by atoms with Crippen LogP contribution in [-0.4, -0.2) is 24.1 Å². The summed E-state index contributed by atoms with van der Waals surface area (Å²) in [5.74, 6) is -0.657. The first-order valence-corrected chi connectivity index (χ1v) is 7.26. The maximum absolute atomic E-state index is 13.9. The van der Waals surface area contributed by atoms with Gasteiger partial charge in [0.25, 0.3) is 5.91 Å². The van der Waals surface area contributed by atoms with E-state index < -0.39 is 11.9 Å². The molecule has 0 aliphatic heterocycles. The zero-order chi connectivity index (χ0) is 16.0. The second-order valence-corrected chi connectivity index (χ2v) is 5.79. The van der Waals surface area contributed by atoms with Gasteiger partial charge in [-0.15, -0.1) is 0 Å². The summed E-state index contributed by atoms with van der Waals surface area (Å²) in [6, 6.07) is 4.68. The number of amides is 1. The van der Waals surface area contributed by atoms with E-state index in [1.54, 1.807) is 13.0 Å². The predicted molar refractivity (Wildman–Crippen MR) is 81.8 cm³/mol. The molecule has 0 aliphatic carbocycles. The van der Waals surface area contributed by atoms with Crippen molar-refractivity contribution in [2.45, 2.75) is 52.2 Å². The van der Waals surface area contributed by atoms with Gasteiger partial charge in [-0.1, -0.05) is 13.0 Å². The van der Waals surface area contributed by atoms with Crippen LogP contribution in [0.3, 0.4) is 0 Å². The molecule has 1 aromatic carbocycles. The predicted octanol–water partition coefficient (Wildman–Crippen LogP) is 2.40. The summed E-state index contributed by atoms with van der Waals surface area (Å²) in [5.41, 5.74) is 5.94. The molecule has 0 radical (unpaired) electrons. The van der Waals surface area contributed by atoms with E-state index in [1.807, 2.05) is 20.8 Å². The highest BCUT2D eigenvalue weighted by Crippen LogP contribution is 2.20. The van der Waals surface area contributed by atoms with Gasteiger partial charge in [0, 0.05) is 5.54 Å². The van der Waals surface area contributed by atoms with E-state index >= 15 is 0 Å². The molecule has 0 bridgehead atoms. The molecule has 0 heterocycles. The Morgan fingerprint density at radius 3 is 2.67 bits per heavy atom. The van der Waals surface area contributed by atoms with E-state index in [0.29, 0.717) is 13.0 Å². The minimum absolute atomic E-state index is 0.0766. The average molecular weight is 296 g/mol. The van der Waals surface area contributed by atoms with Crippen molar-refractivity contribution in [2.75, 3.05) is 6.54 Å². The van der Waals surface area contributed by atoms with Crippen molar-refractivity contribution in [2.24, 2.45) is 5.73 Å². The number of halogens is 1. The van der Waals surface area contributed by atoms with Crippen molar-refractivity contribution in [3.05, 3.63) is 29.6 Å². The van der Waals surface area contributed by atoms with Crippen LogP contribution in [0.4, 0.5) is 4.39 Å². The van der Waals surface area contributed by atoms with E-state index in [-0.39, 0.29) is 17.2 Å². The number of ether oxygens (including phenoxy) is 1. The van der Waals surface area contributed by atoms with Crippen molar-refractivity contribution < 1.29 is 13.9 Å². The number of carbonyl (C=O) groups is 1. The Morgan fingerprint density at radius 2 is 2.14 bits per heavy atom. The fourth-order valence-corrected chi connectivity index (χ4v) is 1.73. The molecular weight excluding hydrogens is 271 g/mol. The van der Waals surface area contributed by atoms with Gasteiger partial charge in [0.1, 0.15) is 0 Å². The summed E-state index contributed by atoms with van der Waals surface area (Å²) in [7, 11) is 0. The first-order chi connectivity index (χ1) is 9.79. The molecule has 1 unspecified atom stereocenters. The van der Waals surface area contributed by atoms with Gasteiger partial charge in [0.15, 0.2) is 17.7 Å². The van der Waals surface area contributed by atoms with E-state index in [0.717, 1.165) is 12.0 Å². The summed E-state index contributed by atoms with van der Waals surface area (Å²) < 4.78 is 19.3. The van der Waals surface area contributed by atoms with Crippen LogP contribution in [0.1, 0.15) is 39.7 Å². The smallest absolute Gasteiger partial charge is 0.261 e. The van der Waals surface area contributed by atoms with Crippen molar-refractivity contribution >= 4 is 5.91 Å². The lowest BCUT2D eigenvalue weighted by atomic mass is 10.0. The monoisotopic (exact) mass is 296 g/mol. The minimum atomic E-state index is -0.759. The second kappa shape index (κ2) is 7.41. The molecule has 118 valence electrons. The zero-order valence-electron chi connectivity index (χ0n) is 13.2. The summed E-state index contributed by atoms with van der Waals surface area (Å²) >= 11 is 0. The lowest BCUT2D eigenvalue weighted by Gasteiger charge is -2.26. The Balaban J connectivity index is 2.70. The van der Waals surface area contributed by atoms with Gasteiger partial charge in [-0.3, -0.25) is 4.79 Å². The fourth-order valence-electron chi connectivity index (χ4n) is 1.73. The Kier molecular flexibility index (Phi) is 6.15. The Morgan fingerprint density at radius 1 is 1.48 bits per heavy atom. The van der Waals surface area contributed by atoms with Gasteiger partial charge in [0.05, 0.1) is 0 Å². The highest BCUT2D eigenvalue weighted by atomic mass is 19.1. The minimum Gasteiger partial charge on any atom is -0.478 e. The molecule has 1 rings (SSSR count). The van der Waals surface area contributed by atoms with E-state index in [2.05, 4.69) is 5.32 Å². The molecule has 0 spiro atoms. The molecule has 1 aromatic rings. The third-order valence-electron chi connectivity index (χ3n) is 3.45.